The summed E-state index contributed by atoms with van der Waals surface area (Å²) in [4.78, 5) is 6.94. The van der Waals surface area contributed by atoms with Crippen LogP contribution in [0.1, 0.15) is 20.3 Å². The molecular formula is C17H22ClN3. The van der Waals surface area contributed by atoms with E-state index in [0.29, 0.717) is 18.0 Å². The zero-order valence-corrected chi connectivity index (χ0v) is 13.6. The van der Waals surface area contributed by atoms with Crippen molar-refractivity contribution in [1.29, 1.82) is 0 Å². The average Bonchev–Trinajstić information content (AvgIpc) is 2.48. The molecule has 0 saturated carbocycles. The largest absolute Gasteiger partial charge is 0.380 e. The summed E-state index contributed by atoms with van der Waals surface area (Å²) in [6.07, 6.45) is 2.97. The Labute approximate surface area is 131 Å². The second-order valence-corrected chi connectivity index (χ2v) is 6.65. The predicted molar refractivity (Wildman–Crippen MR) is 90.0 cm³/mol. The van der Waals surface area contributed by atoms with Crippen LogP contribution in [-0.2, 0) is 0 Å². The quantitative estimate of drug-likeness (QED) is 0.908. The third kappa shape index (κ3) is 2.85. The van der Waals surface area contributed by atoms with Crippen LogP contribution in [0.2, 0.25) is 5.02 Å². The lowest BCUT2D eigenvalue weighted by Gasteiger charge is -2.40. The zero-order valence-electron chi connectivity index (χ0n) is 12.8. The highest BCUT2D eigenvalue weighted by atomic mass is 35.5. The molecule has 0 radical (unpaired) electrons. The van der Waals surface area contributed by atoms with Gasteiger partial charge in [-0.05, 0) is 50.6 Å². The van der Waals surface area contributed by atoms with E-state index in [2.05, 4.69) is 36.1 Å². The van der Waals surface area contributed by atoms with Gasteiger partial charge in [0.1, 0.15) is 0 Å². The maximum Gasteiger partial charge on any atom is 0.0948 e. The fraction of sp³-hybridized carbons (Fsp3) is 0.471. The van der Waals surface area contributed by atoms with Crippen LogP contribution in [0.4, 0.5) is 5.69 Å². The third-order valence-corrected chi connectivity index (χ3v) is 5.00. The Balaban J connectivity index is 1.90. The highest BCUT2D eigenvalue weighted by Gasteiger charge is 2.29. The second kappa shape index (κ2) is 5.82. The molecule has 1 aromatic carbocycles. The summed E-state index contributed by atoms with van der Waals surface area (Å²) in [5, 5.41) is 5.47. The summed E-state index contributed by atoms with van der Waals surface area (Å²) in [5.74, 6) is 0.612. The number of hydrogen-bond acceptors (Lipinski definition) is 3. The summed E-state index contributed by atoms with van der Waals surface area (Å²) in [6.45, 7) is 5.72. The zero-order chi connectivity index (χ0) is 15.0. The lowest BCUT2D eigenvalue weighted by atomic mass is 9.89. The first-order valence-corrected chi connectivity index (χ1v) is 7.94. The van der Waals surface area contributed by atoms with Gasteiger partial charge in [-0.15, -0.1) is 0 Å². The van der Waals surface area contributed by atoms with Crippen molar-refractivity contribution in [3.63, 3.8) is 0 Å². The molecule has 1 fully saturated rings. The van der Waals surface area contributed by atoms with Crippen LogP contribution in [0, 0.1) is 5.92 Å². The molecule has 2 aromatic rings. The summed E-state index contributed by atoms with van der Waals surface area (Å²) in [5.41, 5.74) is 2.05. The highest BCUT2D eigenvalue weighted by Crippen LogP contribution is 2.31. The number of rotatable bonds is 2. The van der Waals surface area contributed by atoms with Crippen LogP contribution in [0.3, 0.4) is 0 Å². The Hall–Kier alpha value is -1.32. The predicted octanol–water partition coefficient (Wildman–Crippen LogP) is 4.03. The van der Waals surface area contributed by atoms with E-state index in [1.807, 2.05) is 30.5 Å². The molecule has 0 amide bonds. The lowest BCUT2D eigenvalue weighted by Crippen LogP contribution is -2.48. The SMILES string of the molecule is CC1CN(C)C(C)CC1Nc1ccc(Cl)c2cccnc12. The van der Waals surface area contributed by atoms with E-state index in [9.17, 15) is 0 Å². The molecule has 0 spiro atoms. The van der Waals surface area contributed by atoms with Crippen LogP contribution >= 0.6 is 11.6 Å². The van der Waals surface area contributed by atoms with E-state index in [-0.39, 0.29) is 0 Å². The monoisotopic (exact) mass is 303 g/mol. The summed E-state index contributed by atoms with van der Waals surface area (Å²) in [6, 6.07) is 9.03. The summed E-state index contributed by atoms with van der Waals surface area (Å²) >= 11 is 6.27. The van der Waals surface area contributed by atoms with Crippen LogP contribution in [0.25, 0.3) is 10.9 Å². The molecule has 1 aliphatic rings. The van der Waals surface area contributed by atoms with Gasteiger partial charge < -0.3 is 10.2 Å². The number of pyridine rings is 1. The first-order valence-electron chi connectivity index (χ1n) is 7.56. The Morgan fingerprint density at radius 1 is 1.29 bits per heavy atom. The van der Waals surface area contributed by atoms with Crippen molar-refractivity contribution in [2.75, 3.05) is 18.9 Å². The molecule has 1 aromatic heterocycles. The molecule has 3 unspecified atom stereocenters. The number of halogens is 1. The number of piperidine rings is 1. The van der Waals surface area contributed by atoms with Crippen molar-refractivity contribution in [1.82, 2.24) is 9.88 Å². The molecule has 3 nitrogen and oxygen atoms in total. The van der Waals surface area contributed by atoms with Gasteiger partial charge in [0.15, 0.2) is 0 Å². The maximum absolute atomic E-state index is 6.27. The molecule has 3 atom stereocenters. The molecule has 0 bridgehead atoms. The van der Waals surface area contributed by atoms with Crippen LogP contribution < -0.4 is 5.32 Å². The molecular weight excluding hydrogens is 282 g/mol. The molecule has 3 rings (SSSR count). The number of hydrogen-bond donors (Lipinski definition) is 1. The number of benzene rings is 1. The molecule has 1 aliphatic heterocycles. The maximum atomic E-state index is 6.27. The highest BCUT2D eigenvalue weighted by molar-refractivity contribution is 6.35. The second-order valence-electron chi connectivity index (χ2n) is 6.25. The lowest BCUT2D eigenvalue weighted by molar-refractivity contribution is 0.146. The van der Waals surface area contributed by atoms with Gasteiger partial charge in [-0.1, -0.05) is 18.5 Å². The minimum absolute atomic E-state index is 0.475. The normalized spacial score (nSPS) is 27.0. The number of likely N-dealkylation sites (tertiary alicyclic amines) is 1. The van der Waals surface area contributed by atoms with Gasteiger partial charge in [0, 0.05) is 30.2 Å². The molecule has 1 saturated heterocycles. The van der Waals surface area contributed by atoms with Gasteiger partial charge in [-0.2, -0.15) is 0 Å². The van der Waals surface area contributed by atoms with Crippen molar-refractivity contribution in [2.24, 2.45) is 5.92 Å². The molecule has 21 heavy (non-hydrogen) atoms. The Kier molecular flexibility index (Phi) is 4.05. The topological polar surface area (TPSA) is 28.2 Å². The minimum atomic E-state index is 0.475. The summed E-state index contributed by atoms with van der Waals surface area (Å²) in [7, 11) is 2.20. The van der Waals surface area contributed by atoms with Gasteiger partial charge in [-0.25, -0.2) is 0 Å². The Bertz CT molecular complexity index is 643. The molecule has 112 valence electrons. The van der Waals surface area contributed by atoms with Crippen LogP contribution in [-0.4, -0.2) is 35.6 Å². The number of nitrogens with one attached hydrogen (secondary N) is 1. The van der Waals surface area contributed by atoms with Gasteiger partial charge >= 0.3 is 0 Å². The van der Waals surface area contributed by atoms with E-state index in [1.165, 1.54) is 0 Å². The Morgan fingerprint density at radius 3 is 2.90 bits per heavy atom. The van der Waals surface area contributed by atoms with Crippen LogP contribution in [0.5, 0.6) is 0 Å². The van der Waals surface area contributed by atoms with Crippen molar-refractivity contribution < 1.29 is 0 Å². The third-order valence-electron chi connectivity index (χ3n) is 4.67. The minimum Gasteiger partial charge on any atom is -0.380 e. The molecule has 4 heteroatoms. The number of anilines is 1. The van der Waals surface area contributed by atoms with E-state index in [4.69, 9.17) is 11.6 Å². The van der Waals surface area contributed by atoms with Gasteiger partial charge in [0.2, 0.25) is 0 Å². The number of fused-ring (bicyclic) bond motifs is 1. The van der Waals surface area contributed by atoms with Crippen molar-refractivity contribution in [3.8, 4) is 0 Å². The van der Waals surface area contributed by atoms with E-state index >= 15 is 0 Å². The standard InChI is InChI=1S/C17H22ClN3/c1-11-10-21(3)12(2)9-16(11)20-15-7-6-14(18)13-5-4-8-19-17(13)15/h4-8,11-12,16,20H,9-10H2,1-3H3. The number of nitrogens with zero attached hydrogens (tertiary/aromatic N) is 2. The Morgan fingerprint density at radius 2 is 2.10 bits per heavy atom. The van der Waals surface area contributed by atoms with Crippen molar-refractivity contribution >= 4 is 28.2 Å². The van der Waals surface area contributed by atoms with Gasteiger partial charge in [0.25, 0.3) is 0 Å². The fourth-order valence-electron chi connectivity index (χ4n) is 3.20. The van der Waals surface area contributed by atoms with Gasteiger partial charge in [0.05, 0.1) is 16.2 Å². The van der Waals surface area contributed by atoms with E-state index in [1.54, 1.807) is 0 Å². The van der Waals surface area contributed by atoms with Crippen molar-refractivity contribution in [2.45, 2.75) is 32.4 Å². The first-order chi connectivity index (χ1) is 10.1. The van der Waals surface area contributed by atoms with E-state index < -0.39 is 0 Å². The molecule has 0 aliphatic carbocycles. The van der Waals surface area contributed by atoms with Crippen LogP contribution in [0.15, 0.2) is 30.5 Å². The van der Waals surface area contributed by atoms with Crippen molar-refractivity contribution in [3.05, 3.63) is 35.5 Å². The first kappa shape index (κ1) is 14.6. The summed E-state index contributed by atoms with van der Waals surface area (Å²) < 4.78 is 0. The fourth-order valence-corrected chi connectivity index (χ4v) is 3.41. The number of aromatic nitrogens is 1. The van der Waals surface area contributed by atoms with E-state index in [0.717, 1.165) is 34.6 Å². The average molecular weight is 304 g/mol. The molecule has 1 N–H and O–H groups in total. The smallest absolute Gasteiger partial charge is 0.0948 e. The molecule has 2 heterocycles. The van der Waals surface area contributed by atoms with Gasteiger partial charge in [-0.3, -0.25) is 4.98 Å².